The van der Waals surface area contributed by atoms with Crippen molar-refractivity contribution in [1.82, 2.24) is 13.9 Å². The number of aryl methyl sites for hydroxylation is 2. The van der Waals surface area contributed by atoms with Crippen molar-refractivity contribution < 1.29 is 8.42 Å². The van der Waals surface area contributed by atoms with Crippen LogP contribution in [0.25, 0.3) is 10.4 Å². The summed E-state index contributed by atoms with van der Waals surface area (Å²) >= 11 is 0. The fraction of sp³-hybridized carbons (Fsp3) is 0.700. The summed E-state index contributed by atoms with van der Waals surface area (Å²) < 4.78 is 27.8. The molecule has 0 spiro atoms. The Labute approximate surface area is 111 Å². The number of hydrogen-bond acceptors (Lipinski definition) is 4. The van der Waals surface area contributed by atoms with E-state index in [1.54, 1.807) is 18.5 Å². The molecule has 1 aliphatic rings. The van der Waals surface area contributed by atoms with E-state index in [0.29, 0.717) is 31.8 Å². The first-order valence-electron chi connectivity index (χ1n) is 5.99. The maximum Gasteiger partial charge on any atom is 0.262 e. The van der Waals surface area contributed by atoms with Crippen molar-refractivity contribution in [3.63, 3.8) is 0 Å². The van der Waals surface area contributed by atoms with Crippen LogP contribution < -0.4 is 0 Å². The summed E-state index contributed by atoms with van der Waals surface area (Å²) in [4.78, 5) is 6.82. The van der Waals surface area contributed by atoms with Crippen LogP contribution in [-0.2, 0) is 17.1 Å². The molecule has 0 aromatic carbocycles. The predicted octanol–water partition coefficient (Wildman–Crippen LogP) is 1.19. The van der Waals surface area contributed by atoms with E-state index >= 15 is 0 Å². The molecule has 2 rings (SSSR count). The van der Waals surface area contributed by atoms with E-state index in [2.05, 4.69) is 15.0 Å². The quantitative estimate of drug-likeness (QED) is 0.473. The molecule has 0 aliphatic carbocycles. The highest BCUT2D eigenvalue weighted by molar-refractivity contribution is 7.89. The lowest BCUT2D eigenvalue weighted by Crippen LogP contribution is -2.39. The van der Waals surface area contributed by atoms with Crippen molar-refractivity contribution in [1.29, 1.82) is 0 Å². The predicted molar refractivity (Wildman–Crippen MR) is 68.9 cm³/mol. The molecule has 9 heteroatoms. The molecule has 1 aliphatic heterocycles. The van der Waals surface area contributed by atoms with Gasteiger partial charge in [0.25, 0.3) is 10.0 Å². The number of nitrogens with zero attached hydrogens (tertiary/aromatic N) is 6. The Kier molecular flexibility index (Phi) is 3.79. The smallest absolute Gasteiger partial charge is 0.262 e. The van der Waals surface area contributed by atoms with E-state index in [1.807, 2.05) is 0 Å². The molecule has 0 amide bonds. The lowest BCUT2D eigenvalue weighted by Gasteiger charge is -2.28. The average Bonchev–Trinajstić information content (AvgIpc) is 2.71. The Morgan fingerprint density at radius 3 is 2.58 bits per heavy atom. The number of azide groups is 1. The monoisotopic (exact) mass is 284 g/mol. The van der Waals surface area contributed by atoms with Gasteiger partial charge in [-0.1, -0.05) is 5.11 Å². The largest absolute Gasteiger partial charge is 0.337 e. The number of rotatable bonds is 3. The molecule has 0 saturated carbocycles. The van der Waals surface area contributed by atoms with Crippen molar-refractivity contribution in [2.45, 2.75) is 30.8 Å². The standard InChI is InChI=1S/C10H16N6O2S/c1-8-12-10(7-15(8)2)19(17,18)16-5-3-9(4-6-16)13-14-11/h7,9H,3-6H2,1-2H3. The first kappa shape index (κ1) is 13.9. The topological polar surface area (TPSA) is 104 Å². The Hall–Kier alpha value is -1.57. The van der Waals surface area contributed by atoms with Crippen LogP contribution in [0.5, 0.6) is 0 Å². The lowest BCUT2D eigenvalue weighted by atomic mass is 10.1. The second kappa shape index (κ2) is 5.20. The molecule has 104 valence electrons. The highest BCUT2D eigenvalue weighted by Crippen LogP contribution is 2.21. The van der Waals surface area contributed by atoms with Crippen LogP contribution in [0.3, 0.4) is 0 Å². The molecule has 1 fully saturated rings. The Balaban J connectivity index is 2.16. The van der Waals surface area contributed by atoms with Gasteiger partial charge in [-0.15, -0.1) is 0 Å². The average molecular weight is 284 g/mol. The van der Waals surface area contributed by atoms with Crippen LogP contribution in [0.4, 0.5) is 0 Å². The van der Waals surface area contributed by atoms with Gasteiger partial charge in [0, 0.05) is 37.3 Å². The first-order valence-corrected chi connectivity index (χ1v) is 7.43. The van der Waals surface area contributed by atoms with Crippen molar-refractivity contribution in [3.8, 4) is 0 Å². The van der Waals surface area contributed by atoms with Gasteiger partial charge >= 0.3 is 0 Å². The third-order valence-electron chi connectivity index (χ3n) is 3.33. The molecule has 1 aromatic rings. The van der Waals surface area contributed by atoms with Crippen LogP contribution in [0, 0.1) is 6.92 Å². The summed E-state index contributed by atoms with van der Waals surface area (Å²) in [7, 11) is -1.78. The Morgan fingerprint density at radius 1 is 1.47 bits per heavy atom. The molecule has 0 unspecified atom stereocenters. The van der Waals surface area contributed by atoms with Gasteiger partial charge in [0.2, 0.25) is 0 Å². The first-order chi connectivity index (χ1) is 8.95. The van der Waals surface area contributed by atoms with E-state index in [4.69, 9.17) is 5.53 Å². The van der Waals surface area contributed by atoms with Gasteiger partial charge in [0.05, 0.1) is 0 Å². The van der Waals surface area contributed by atoms with Gasteiger partial charge < -0.3 is 4.57 Å². The molecule has 0 atom stereocenters. The highest BCUT2D eigenvalue weighted by atomic mass is 32.2. The summed E-state index contributed by atoms with van der Waals surface area (Å²) in [5.74, 6) is 0.655. The van der Waals surface area contributed by atoms with E-state index in [0.717, 1.165) is 0 Å². The second-order valence-corrected chi connectivity index (χ2v) is 6.46. The maximum absolute atomic E-state index is 12.4. The fourth-order valence-corrected chi connectivity index (χ4v) is 3.55. The molecular weight excluding hydrogens is 268 g/mol. The van der Waals surface area contributed by atoms with Crippen LogP contribution >= 0.6 is 0 Å². The molecular formula is C10H16N6O2S. The number of aromatic nitrogens is 2. The molecule has 0 N–H and O–H groups in total. The van der Waals surface area contributed by atoms with Crippen molar-refractivity contribution in [2.24, 2.45) is 12.2 Å². The van der Waals surface area contributed by atoms with Gasteiger partial charge in [-0.05, 0) is 25.3 Å². The zero-order valence-electron chi connectivity index (χ0n) is 10.9. The lowest BCUT2D eigenvalue weighted by molar-refractivity contribution is 0.319. The van der Waals surface area contributed by atoms with Crippen LogP contribution in [0.1, 0.15) is 18.7 Å². The van der Waals surface area contributed by atoms with Gasteiger partial charge in [-0.3, -0.25) is 0 Å². The van der Waals surface area contributed by atoms with E-state index in [-0.39, 0.29) is 11.1 Å². The van der Waals surface area contributed by atoms with E-state index < -0.39 is 10.0 Å². The summed E-state index contributed by atoms with van der Waals surface area (Å²) in [6.45, 7) is 2.48. The van der Waals surface area contributed by atoms with Crippen LogP contribution in [0.15, 0.2) is 16.3 Å². The molecule has 1 saturated heterocycles. The minimum Gasteiger partial charge on any atom is -0.337 e. The van der Waals surface area contributed by atoms with Gasteiger partial charge in [-0.25, -0.2) is 13.4 Å². The fourth-order valence-electron chi connectivity index (χ4n) is 2.05. The molecule has 0 radical (unpaired) electrons. The van der Waals surface area contributed by atoms with E-state index in [9.17, 15) is 8.42 Å². The molecule has 0 bridgehead atoms. The molecule has 19 heavy (non-hydrogen) atoms. The SMILES string of the molecule is Cc1nc(S(=O)(=O)N2CCC(N=[N+]=[N-])CC2)cn1C. The Bertz CT molecular complexity index is 588. The van der Waals surface area contributed by atoms with Crippen molar-refractivity contribution in [3.05, 3.63) is 22.5 Å². The maximum atomic E-state index is 12.4. The number of imidazole rings is 1. The van der Waals surface area contributed by atoms with Crippen LogP contribution in [0.2, 0.25) is 0 Å². The third-order valence-corrected chi connectivity index (χ3v) is 5.10. The van der Waals surface area contributed by atoms with Gasteiger partial charge in [0.1, 0.15) is 5.82 Å². The zero-order chi connectivity index (χ0) is 14.0. The number of piperidine rings is 1. The van der Waals surface area contributed by atoms with Crippen molar-refractivity contribution in [2.75, 3.05) is 13.1 Å². The van der Waals surface area contributed by atoms with Crippen LogP contribution in [-0.4, -0.2) is 41.4 Å². The summed E-state index contributed by atoms with van der Waals surface area (Å²) in [6, 6.07) is -0.109. The molecule has 8 nitrogen and oxygen atoms in total. The normalized spacial score (nSPS) is 18.2. The molecule has 2 heterocycles. The minimum atomic E-state index is -3.54. The third kappa shape index (κ3) is 2.73. The second-order valence-electron chi connectivity index (χ2n) is 4.58. The highest BCUT2D eigenvalue weighted by Gasteiger charge is 2.30. The number of hydrogen-bond donors (Lipinski definition) is 0. The van der Waals surface area contributed by atoms with E-state index in [1.165, 1.54) is 10.5 Å². The molecule has 1 aromatic heterocycles. The summed E-state index contributed by atoms with van der Waals surface area (Å²) in [5, 5.41) is 3.71. The van der Waals surface area contributed by atoms with Crippen molar-refractivity contribution >= 4 is 10.0 Å². The summed E-state index contributed by atoms with van der Waals surface area (Å²) in [6.07, 6.45) is 2.62. The Morgan fingerprint density at radius 2 is 2.11 bits per heavy atom. The zero-order valence-corrected chi connectivity index (χ0v) is 11.7. The van der Waals surface area contributed by atoms with Gasteiger partial charge in [0.15, 0.2) is 5.03 Å². The minimum absolute atomic E-state index is 0.0785. The van der Waals surface area contributed by atoms with Gasteiger partial charge in [-0.2, -0.15) is 4.31 Å². The summed E-state index contributed by atoms with van der Waals surface area (Å²) in [5.41, 5.74) is 8.37. The number of sulfonamides is 1.